The van der Waals surface area contributed by atoms with Gasteiger partial charge in [0.05, 0.1) is 0 Å². The van der Waals surface area contributed by atoms with Crippen molar-refractivity contribution < 1.29 is 14.3 Å². The SMILES string of the molecule is CCC(=O)Nc1cccc(OCC(=O)NC[C@H](C)c2ccccc2)c1. The molecule has 0 saturated carbocycles. The normalized spacial score (nSPS) is 11.4. The summed E-state index contributed by atoms with van der Waals surface area (Å²) in [6.45, 7) is 4.35. The van der Waals surface area contributed by atoms with E-state index in [-0.39, 0.29) is 24.3 Å². The fourth-order valence-corrected chi connectivity index (χ4v) is 2.28. The molecule has 0 heterocycles. The molecule has 1 atom stereocenters. The standard InChI is InChI=1S/C20H24N2O3/c1-3-19(23)22-17-10-7-11-18(12-17)25-14-20(24)21-13-15(2)16-8-5-4-6-9-16/h4-12,15H,3,13-14H2,1-2H3,(H,21,24)(H,22,23)/t15-/m0/s1. The third-order valence-corrected chi connectivity index (χ3v) is 3.78. The lowest BCUT2D eigenvalue weighted by atomic mass is 10.0. The molecular formula is C20H24N2O3. The predicted molar refractivity (Wildman–Crippen MR) is 98.7 cm³/mol. The average molecular weight is 340 g/mol. The molecule has 5 heteroatoms. The van der Waals surface area contributed by atoms with Crippen LogP contribution in [0.3, 0.4) is 0 Å². The Kier molecular flexibility index (Phi) is 7.01. The topological polar surface area (TPSA) is 67.4 Å². The molecule has 2 aromatic rings. The van der Waals surface area contributed by atoms with Gasteiger partial charge >= 0.3 is 0 Å². The first-order chi connectivity index (χ1) is 12.1. The number of carbonyl (C=O) groups is 2. The van der Waals surface area contributed by atoms with Crippen LogP contribution in [0.4, 0.5) is 5.69 Å². The Hall–Kier alpha value is -2.82. The Morgan fingerprint density at radius 2 is 1.80 bits per heavy atom. The third-order valence-electron chi connectivity index (χ3n) is 3.78. The van der Waals surface area contributed by atoms with Gasteiger partial charge in [0.1, 0.15) is 5.75 Å². The minimum Gasteiger partial charge on any atom is -0.484 e. The smallest absolute Gasteiger partial charge is 0.257 e. The van der Waals surface area contributed by atoms with Gasteiger partial charge in [-0.1, -0.05) is 50.2 Å². The van der Waals surface area contributed by atoms with Gasteiger partial charge in [0.15, 0.2) is 6.61 Å². The molecule has 2 aromatic carbocycles. The molecular weight excluding hydrogens is 316 g/mol. The number of hydrogen-bond donors (Lipinski definition) is 2. The minimum absolute atomic E-state index is 0.0628. The highest BCUT2D eigenvalue weighted by Crippen LogP contribution is 2.17. The zero-order valence-corrected chi connectivity index (χ0v) is 14.6. The van der Waals surface area contributed by atoms with Crippen molar-refractivity contribution in [1.29, 1.82) is 0 Å². The van der Waals surface area contributed by atoms with Gasteiger partial charge in [-0.05, 0) is 23.6 Å². The lowest BCUT2D eigenvalue weighted by molar-refractivity contribution is -0.123. The van der Waals surface area contributed by atoms with E-state index in [0.717, 1.165) is 0 Å². The summed E-state index contributed by atoms with van der Waals surface area (Å²) in [6.07, 6.45) is 0.410. The molecule has 2 amide bonds. The molecule has 0 unspecified atom stereocenters. The molecule has 0 aliphatic rings. The second kappa shape index (κ2) is 9.47. The van der Waals surface area contributed by atoms with Crippen molar-refractivity contribution in [2.75, 3.05) is 18.5 Å². The first-order valence-electron chi connectivity index (χ1n) is 8.43. The number of carbonyl (C=O) groups excluding carboxylic acids is 2. The van der Waals surface area contributed by atoms with Crippen molar-refractivity contribution in [3.63, 3.8) is 0 Å². The van der Waals surface area contributed by atoms with Crippen LogP contribution in [0.1, 0.15) is 31.7 Å². The number of ether oxygens (including phenoxy) is 1. The molecule has 0 fully saturated rings. The molecule has 2 rings (SSSR count). The van der Waals surface area contributed by atoms with E-state index in [9.17, 15) is 9.59 Å². The highest BCUT2D eigenvalue weighted by atomic mass is 16.5. The van der Waals surface area contributed by atoms with E-state index >= 15 is 0 Å². The average Bonchev–Trinajstić information content (AvgIpc) is 2.65. The number of rotatable bonds is 8. The van der Waals surface area contributed by atoms with E-state index in [1.807, 2.05) is 30.3 Å². The number of benzene rings is 2. The van der Waals surface area contributed by atoms with Crippen molar-refractivity contribution in [1.82, 2.24) is 5.32 Å². The van der Waals surface area contributed by atoms with Crippen LogP contribution in [0, 0.1) is 0 Å². The summed E-state index contributed by atoms with van der Waals surface area (Å²) in [6, 6.07) is 17.0. The van der Waals surface area contributed by atoms with Crippen molar-refractivity contribution >= 4 is 17.5 Å². The van der Waals surface area contributed by atoms with Gasteiger partial charge < -0.3 is 15.4 Å². The molecule has 132 valence electrons. The summed E-state index contributed by atoms with van der Waals surface area (Å²) in [7, 11) is 0. The van der Waals surface area contributed by atoms with E-state index in [2.05, 4.69) is 17.6 Å². The van der Waals surface area contributed by atoms with Gasteiger partial charge in [-0.3, -0.25) is 9.59 Å². The summed E-state index contributed by atoms with van der Waals surface area (Å²) < 4.78 is 5.50. The van der Waals surface area contributed by atoms with Gasteiger partial charge in [-0.2, -0.15) is 0 Å². The largest absolute Gasteiger partial charge is 0.484 e. The molecule has 0 saturated heterocycles. The summed E-state index contributed by atoms with van der Waals surface area (Å²) >= 11 is 0. The summed E-state index contributed by atoms with van der Waals surface area (Å²) in [5, 5.41) is 5.63. The zero-order valence-electron chi connectivity index (χ0n) is 14.6. The number of amides is 2. The van der Waals surface area contributed by atoms with E-state index < -0.39 is 0 Å². The summed E-state index contributed by atoms with van der Waals surface area (Å²) in [5.74, 6) is 0.536. The number of hydrogen-bond acceptors (Lipinski definition) is 3. The number of nitrogens with one attached hydrogen (secondary N) is 2. The molecule has 0 radical (unpaired) electrons. The van der Waals surface area contributed by atoms with Crippen molar-refractivity contribution in [2.24, 2.45) is 0 Å². The van der Waals surface area contributed by atoms with Crippen molar-refractivity contribution in [3.8, 4) is 5.75 Å². The van der Waals surface area contributed by atoms with Gasteiger partial charge in [0, 0.05) is 24.7 Å². The Labute approximate surface area is 148 Å². The second-order valence-corrected chi connectivity index (χ2v) is 5.83. The maximum atomic E-state index is 12.0. The van der Waals surface area contributed by atoms with Crippen molar-refractivity contribution in [3.05, 3.63) is 60.2 Å². The van der Waals surface area contributed by atoms with E-state index in [0.29, 0.717) is 24.4 Å². The molecule has 0 aliphatic heterocycles. The van der Waals surface area contributed by atoms with Gasteiger partial charge in [-0.25, -0.2) is 0 Å². The molecule has 0 aromatic heterocycles. The monoisotopic (exact) mass is 340 g/mol. The Morgan fingerprint density at radius 1 is 1.04 bits per heavy atom. The lowest BCUT2D eigenvalue weighted by Gasteiger charge is -2.13. The zero-order chi connectivity index (χ0) is 18.1. The van der Waals surface area contributed by atoms with E-state index in [1.54, 1.807) is 31.2 Å². The van der Waals surface area contributed by atoms with E-state index in [4.69, 9.17) is 4.74 Å². The van der Waals surface area contributed by atoms with Crippen LogP contribution < -0.4 is 15.4 Å². The fourth-order valence-electron chi connectivity index (χ4n) is 2.28. The quantitative estimate of drug-likeness (QED) is 0.774. The molecule has 0 spiro atoms. The third kappa shape index (κ3) is 6.30. The Morgan fingerprint density at radius 3 is 2.52 bits per heavy atom. The van der Waals surface area contributed by atoms with Gasteiger partial charge in [-0.15, -0.1) is 0 Å². The highest BCUT2D eigenvalue weighted by molar-refractivity contribution is 5.90. The fraction of sp³-hybridized carbons (Fsp3) is 0.300. The maximum absolute atomic E-state index is 12.0. The minimum atomic E-state index is -0.175. The van der Waals surface area contributed by atoms with Crippen LogP contribution in [-0.2, 0) is 9.59 Å². The second-order valence-electron chi connectivity index (χ2n) is 5.83. The molecule has 25 heavy (non-hydrogen) atoms. The maximum Gasteiger partial charge on any atom is 0.257 e. The summed E-state index contributed by atoms with van der Waals surface area (Å²) in [4.78, 5) is 23.4. The van der Waals surface area contributed by atoms with Crippen LogP contribution in [0.15, 0.2) is 54.6 Å². The number of anilines is 1. The molecule has 0 aliphatic carbocycles. The van der Waals surface area contributed by atoms with Crippen LogP contribution in [-0.4, -0.2) is 25.0 Å². The first-order valence-corrected chi connectivity index (χ1v) is 8.43. The van der Waals surface area contributed by atoms with Gasteiger partial charge in [0.25, 0.3) is 5.91 Å². The lowest BCUT2D eigenvalue weighted by Crippen LogP contribution is -2.31. The Balaban J connectivity index is 1.78. The summed E-state index contributed by atoms with van der Waals surface area (Å²) in [5.41, 5.74) is 1.84. The predicted octanol–water partition coefficient (Wildman–Crippen LogP) is 3.33. The Bertz CT molecular complexity index is 701. The van der Waals surface area contributed by atoms with Gasteiger partial charge in [0.2, 0.25) is 5.91 Å². The van der Waals surface area contributed by atoms with Crippen LogP contribution in [0.2, 0.25) is 0 Å². The van der Waals surface area contributed by atoms with E-state index in [1.165, 1.54) is 5.56 Å². The highest BCUT2D eigenvalue weighted by Gasteiger charge is 2.08. The van der Waals surface area contributed by atoms with Crippen LogP contribution >= 0.6 is 0 Å². The molecule has 5 nitrogen and oxygen atoms in total. The van der Waals surface area contributed by atoms with Crippen LogP contribution in [0.25, 0.3) is 0 Å². The van der Waals surface area contributed by atoms with Crippen molar-refractivity contribution in [2.45, 2.75) is 26.2 Å². The molecule has 2 N–H and O–H groups in total. The molecule has 0 bridgehead atoms. The first kappa shape index (κ1) is 18.5. The van der Waals surface area contributed by atoms with Crippen LogP contribution in [0.5, 0.6) is 5.75 Å².